The highest BCUT2D eigenvalue weighted by Gasteiger charge is 2.23. The minimum Gasteiger partial charge on any atom is -0.398 e. The molecule has 4 heteroatoms. The molecule has 0 bridgehead atoms. The van der Waals surface area contributed by atoms with Crippen LogP contribution in [0.5, 0.6) is 0 Å². The van der Waals surface area contributed by atoms with Gasteiger partial charge in [-0.2, -0.15) is 0 Å². The van der Waals surface area contributed by atoms with E-state index < -0.39 is 5.60 Å². The quantitative estimate of drug-likeness (QED) is 0.801. The van der Waals surface area contributed by atoms with Crippen molar-refractivity contribution in [1.29, 1.82) is 0 Å². The zero-order valence-corrected chi connectivity index (χ0v) is 11.5. The zero-order chi connectivity index (χ0) is 13.9. The number of para-hydroxylation sites is 1. The van der Waals surface area contributed by atoms with Crippen LogP contribution in [0.1, 0.15) is 36.7 Å². The topological polar surface area (TPSA) is 66.6 Å². The van der Waals surface area contributed by atoms with Gasteiger partial charge in [0, 0.05) is 18.8 Å². The van der Waals surface area contributed by atoms with E-state index in [1.807, 2.05) is 26.0 Å². The third-order valence-electron chi connectivity index (χ3n) is 2.80. The van der Waals surface area contributed by atoms with E-state index in [0.29, 0.717) is 17.8 Å². The van der Waals surface area contributed by atoms with Crippen LogP contribution in [-0.2, 0) is 0 Å². The van der Waals surface area contributed by atoms with E-state index in [1.54, 1.807) is 24.8 Å². The number of aryl methyl sites for hydroxylation is 1. The van der Waals surface area contributed by atoms with Crippen LogP contribution >= 0.6 is 0 Å². The standard InChI is InChI=1S/C14H22N2O2/c1-5-16(9-14(3,4)18)13(17)11-8-6-7-10(2)12(11)15/h6-8,18H,5,9,15H2,1-4H3. The summed E-state index contributed by atoms with van der Waals surface area (Å²) in [5, 5.41) is 9.81. The molecule has 0 atom stereocenters. The van der Waals surface area contributed by atoms with E-state index in [4.69, 9.17) is 5.73 Å². The normalized spacial score (nSPS) is 11.4. The predicted molar refractivity (Wildman–Crippen MR) is 73.5 cm³/mol. The van der Waals surface area contributed by atoms with Gasteiger partial charge in [-0.05, 0) is 39.3 Å². The summed E-state index contributed by atoms with van der Waals surface area (Å²) in [6.07, 6.45) is 0. The fourth-order valence-electron chi connectivity index (χ4n) is 1.83. The first-order chi connectivity index (χ1) is 8.26. The first-order valence-electron chi connectivity index (χ1n) is 6.13. The fraction of sp³-hybridized carbons (Fsp3) is 0.500. The largest absolute Gasteiger partial charge is 0.398 e. The molecule has 0 heterocycles. The van der Waals surface area contributed by atoms with Crippen molar-refractivity contribution in [2.75, 3.05) is 18.8 Å². The number of hydrogen-bond donors (Lipinski definition) is 2. The monoisotopic (exact) mass is 250 g/mol. The Morgan fingerprint density at radius 3 is 2.56 bits per heavy atom. The Morgan fingerprint density at radius 2 is 2.06 bits per heavy atom. The van der Waals surface area contributed by atoms with Crippen molar-refractivity contribution in [1.82, 2.24) is 4.90 Å². The van der Waals surface area contributed by atoms with Crippen LogP contribution in [0.3, 0.4) is 0 Å². The third-order valence-corrected chi connectivity index (χ3v) is 2.80. The second-order valence-electron chi connectivity index (χ2n) is 5.17. The highest BCUT2D eigenvalue weighted by Crippen LogP contribution is 2.19. The third kappa shape index (κ3) is 3.47. The Hall–Kier alpha value is -1.55. The van der Waals surface area contributed by atoms with Crippen molar-refractivity contribution in [2.24, 2.45) is 0 Å². The summed E-state index contributed by atoms with van der Waals surface area (Å²) in [5.74, 6) is -0.138. The van der Waals surface area contributed by atoms with Crippen LogP contribution in [0.25, 0.3) is 0 Å². The van der Waals surface area contributed by atoms with Gasteiger partial charge in [0.15, 0.2) is 0 Å². The molecule has 0 unspecified atom stereocenters. The number of carbonyl (C=O) groups is 1. The summed E-state index contributed by atoms with van der Waals surface area (Å²) in [6, 6.07) is 5.41. The van der Waals surface area contributed by atoms with Gasteiger partial charge in [-0.1, -0.05) is 12.1 Å². The number of anilines is 1. The molecule has 0 saturated carbocycles. The summed E-state index contributed by atoms with van der Waals surface area (Å²) in [6.45, 7) is 7.95. The lowest BCUT2D eigenvalue weighted by Crippen LogP contribution is -2.42. The van der Waals surface area contributed by atoms with Crippen molar-refractivity contribution in [3.63, 3.8) is 0 Å². The molecule has 0 aliphatic rings. The number of carbonyl (C=O) groups excluding carboxylic acids is 1. The molecular formula is C14H22N2O2. The van der Waals surface area contributed by atoms with Gasteiger partial charge < -0.3 is 15.7 Å². The molecule has 100 valence electrons. The first kappa shape index (κ1) is 14.5. The van der Waals surface area contributed by atoms with Crippen LogP contribution in [-0.4, -0.2) is 34.6 Å². The number of nitrogens with zero attached hydrogens (tertiary/aromatic N) is 1. The van der Waals surface area contributed by atoms with Crippen molar-refractivity contribution in [2.45, 2.75) is 33.3 Å². The van der Waals surface area contributed by atoms with E-state index in [2.05, 4.69) is 0 Å². The smallest absolute Gasteiger partial charge is 0.256 e. The summed E-state index contributed by atoms with van der Waals surface area (Å²) in [4.78, 5) is 14.0. The molecule has 0 aliphatic carbocycles. The van der Waals surface area contributed by atoms with Crippen LogP contribution in [0.2, 0.25) is 0 Å². The average molecular weight is 250 g/mol. The molecule has 3 N–H and O–H groups in total. The molecule has 1 rings (SSSR count). The minimum absolute atomic E-state index is 0.138. The van der Waals surface area contributed by atoms with Crippen molar-refractivity contribution < 1.29 is 9.90 Å². The van der Waals surface area contributed by atoms with Gasteiger partial charge in [0.05, 0.1) is 11.2 Å². The summed E-state index contributed by atoms with van der Waals surface area (Å²) < 4.78 is 0. The van der Waals surface area contributed by atoms with E-state index >= 15 is 0 Å². The number of aliphatic hydroxyl groups is 1. The van der Waals surface area contributed by atoms with Crippen molar-refractivity contribution in [3.8, 4) is 0 Å². The maximum Gasteiger partial charge on any atom is 0.256 e. The number of nitrogens with two attached hydrogens (primary N) is 1. The predicted octanol–water partition coefficient (Wildman–Crippen LogP) is 1.81. The molecule has 0 spiro atoms. The van der Waals surface area contributed by atoms with E-state index in [9.17, 15) is 9.90 Å². The molecule has 18 heavy (non-hydrogen) atoms. The molecule has 4 nitrogen and oxygen atoms in total. The van der Waals surface area contributed by atoms with Crippen LogP contribution in [0, 0.1) is 6.92 Å². The lowest BCUT2D eigenvalue weighted by molar-refractivity contribution is 0.0315. The molecule has 0 aromatic heterocycles. The van der Waals surface area contributed by atoms with Gasteiger partial charge in [0.25, 0.3) is 5.91 Å². The van der Waals surface area contributed by atoms with E-state index in [-0.39, 0.29) is 12.5 Å². The molecule has 0 fully saturated rings. The van der Waals surface area contributed by atoms with Crippen molar-refractivity contribution in [3.05, 3.63) is 29.3 Å². The number of rotatable bonds is 4. The maximum atomic E-state index is 12.4. The van der Waals surface area contributed by atoms with E-state index in [0.717, 1.165) is 5.56 Å². The van der Waals surface area contributed by atoms with Gasteiger partial charge in [0.2, 0.25) is 0 Å². The summed E-state index contributed by atoms with van der Waals surface area (Å²) >= 11 is 0. The van der Waals surface area contributed by atoms with Gasteiger partial charge >= 0.3 is 0 Å². The average Bonchev–Trinajstić information content (AvgIpc) is 2.27. The molecular weight excluding hydrogens is 228 g/mol. The second-order valence-corrected chi connectivity index (χ2v) is 5.17. The SMILES string of the molecule is CCN(CC(C)(C)O)C(=O)c1cccc(C)c1N. The zero-order valence-electron chi connectivity index (χ0n) is 11.5. The second kappa shape index (κ2) is 5.40. The summed E-state index contributed by atoms with van der Waals surface area (Å²) in [7, 11) is 0. The Kier molecular flexibility index (Phi) is 4.35. The van der Waals surface area contributed by atoms with Crippen molar-refractivity contribution >= 4 is 11.6 Å². The van der Waals surface area contributed by atoms with E-state index in [1.165, 1.54) is 0 Å². The Bertz CT molecular complexity index is 436. The van der Waals surface area contributed by atoms with Gasteiger partial charge in [-0.25, -0.2) is 0 Å². The van der Waals surface area contributed by atoms with Crippen LogP contribution in [0.4, 0.5) is 5.69 Å². The highest BCUT2D eigenvalue weighted by molar-refractivity contribution is 5.99. The molecule has 1 aromatic carbocycles. The number of likely N-dealkylation sites (N-methyl/N-ethyl adjacent to an activating group) is 1. The number of benzene rings is 1. The Morgan fingerprint density at radius 1 is 1.44 bits per heavy atom. The lowest BCUT2D eigenvalue weighted by atomic mass is 10.1. The Balaban J connectivity index is 3.01. The molecule has 0 saturated heterocycles. The number of amides is 1. The summed E-state index contributed by atoms with van der Waals surface area (Å²) in [5.41, 5.74) is 6.92. The molecule has 1 aromatic rings. The highest BCUT2D eigenvalue weighted by atomic mass is 16.3. The lowest BCUT2D eigenvalue weighted by Gasteiger charge is -2.28. The molecule has 1 amide bonds. The maximum absolute atomic E-state index is 12.4. The van der Waals surface area contributed by atoms with Crippen LogP contribution < -0.4 is 5.73 Å². The molecule has 0 aliphatic heterocycles. The first-order valence-corrected chi connectivity index (χ1v) is 6.13. The molecule has 0 radical (unpaired) electrons. The van der Waals surface area contributed by atoms with Crippen LogP contribution in [0.15, 0.2) is 18.2 Å². The minimum atomic E-state index is -0.912. The number of nitrogen functional groups attached to an aromatic ring is 1. The van der Waals surface area contributed by atoms with Gasteiger partial charge in [-0.3, -0.25) is 4.79 Å². The number of hydrogen-bond acceptors (Lipinski definition) is 3. The fourth-order valence-corrected chi connectivity index (χ4v) is 1.83. The van der Waals surface area contributed by atoms with Gasteiger partial charge in [-0.15, -0.1) is 0 Å². The Labute approximate surface area is 108 Å². The van der Waals surface area contributed by atoms with Gasteiger partial charge in [0.1, 0.15) is 0 Å².